The SMILES string of the molecule is COc1ccc(C(=O)c2ccc(Cl)c([N+](=O)[O-])c2)cc1OC. The first kappa shape index (κ1) is 15.8. The number of ketones is 1. The number of carbonyl (C=O) groups excluding carboxylic acids is 1. The monoisotopic (exact) mass is 321 g/mol. The lowest BCUT2D eigenvalue weighted by atomic mass is 10.0. The Bertz CT molecular complexity index is 745. The molecule has 0 aliphatic rings. The van der Waals surface area contributed by atoms with E-state index in [1.165, 1.54) is 32.4 Å². The van der Waals surface area contributed by atoms with Crippen molar-refractivity contribution in [2.24, 2.45) is 0 Å². The van der Waals surface area contributed by atoms with Crippen molar-refractivity contribution in [2.45, 2.75) is 0 Å². The molecule has 22 heavy (non-hydrogen) atoms. The summed E-state index contributed by atoms with van der Waals surface area (Å²) in [5, 5.41) is 10.9. The molecule has 0 amide bonds. The smallest absolute Gasteiger partial charge is 0.288 e. The molecule has 0 saturated heterocycles. The first-order valence-corrected chi connectivity index (χ1v) is 6.56. The van der Waals surface area contributed by atoms with Gasteiger partial charge >= 0.3 is 0 Å². The van der Waals surface area contributed by atoms with Crippen LogP contribution in [0.15, 0.2) is 36.4 Å². The lowest BCUT2D eigenvalue weighted by Crippen LogP contribution is -2.03. The van der Waals surface area contributed by atoms with E-state index in [0.717, 1.165) is 6.07 Å². The fourth-order valence-corrected chi connectivity index (χ4v) is 2.12. The summed E-state index contributed by atoms with van der Waals surface area (Å²) in [5.41, 5.74) is 0.186. The van der Waals surface area contributed by atoms with Gasteiger partial charge in [-0.1, -0.05) is 11.6 Å². The lowest BCUT2D eigenvalue weighted by Gasteiger charge is -2.09. The normalized spacial score (nSPS) is 10.1. The molecule has 2 aromatic rings. The van der Waals surface area contributed by atoms with Gasteiger partial charge in [0.05, 0.1) is 19.1 Å². The van der Waals surface area contributed by atoms with E-state index in [-0.39, 0.29) is 22.1 Å². The molecule has 0 atom stereocenters. The Labute approximate surface area is 131 Å². The van der Waals surface area contributed by atoms with Crippen LogP contribution in [-0.4, -0.2) is 24.9 Å². The second-order valence-electron chi connectivity index (χ2n) is 4.32. The van der Waals surface area contributed by atoms with Crippen molar-refractivity contribution in [3.8, 4) is 11.5 Å². The molecule has 0 spiro atoms. The molecule has 0 radical (unpaired) electrons. The van der Waals surface area contributed by atoms with Crippen molar-refractivity contribution >= 4 is 23.1 Å². The fourth-order valence-electron chi connectivity index (χ4n) is 1.94. The molecule has 0 heterocycles. The third-order valence-corrected chi connectivity index (χ3v) is 3.37. The van der Waals surface area contributed by atoms with E-state index in [0.29, 0.717) is 17.1 Å². The molecule has 0 aromatic heterocycles. The summed E-state index contributed by atoms with van der Waals surface area (Å²) in [6, 6.07) is 8.59. The van der Waals surface area contributed by atoms with Crippen molar-refractivity contribution in [1.29, 1.82) is 0 Å². The maximum Gasteiger partial charge on any atom is 0.288 e. The lowest BCUT2D eigenvalue weighted by molar-refractivity contribution is -0.384. The van der Waals surface area contributed by atoms with Gasteiger partial charge < -0.3 is 9.47 Å². The molecule has 0 unspecified atom stereocenters. The largest absolute Gasteiger partial charge is 0.493 e. The first-order valence-electron chi connectivity index (χ1n) is 6.18. The van der Waals surface area contributed by atoms with Crippen LogP contribution in [0.25, 0.3) is 0 Å². The number of hydrogen-bond donors (Lipinski definition) is 0. The van der Waals surface area contributed by atoms with E-state index in [1.807, 2.05) is 0 Å². The van der Waals surface area contributed by atoms with Crippen LogP contribution in [0.5, 0.6) is 11.5 Å². The Balaban J connectivity index is 2.44. The van der Waals surface area contributed by atoms with E-state index >= 15 is 0 Å². The Morgan fingerprint density at radius 2 is 1.64 bits per heavy atom. The molecule has 0 N–H and O–H groups in total. The van der Waals surface area contributed by atoms with Crippen LogP contribution in [0.4, 0.5) is 5.69 Å². The predicted octanol–water partition coefficient (Wildman–Crippen LogP) is 3.50. The summed E-state index contributed by atoms with van der Waals surface area (Å²) >= 11 is 5.74. The second-order valence-corrected chi connectivity index (χ2v) is 4.73. The first-order chi connectivity index (χ1) is 10.5. The molecular weight excluding hydrogens is 310 g/mol. The highest BCUT2D eigenvalue weighted by molar-refractivity contribution is 6.32. The summed E-state index contributed by atoms with van der Waals surface area (Å²) in [7, 11) is 2.95. The van der Waals surface area contributed by atoms with E-state index < -0.39 is 4.92 Å². The molecule has 0 saturated carbocycles. The number of methoxy groups -OCH3 is 2. The number of nitro benzene ring substituents is 1. The summed E-state index contributed by atoms with van der Waals surface area (Å²) in [6.07, 6.45) is 0. The highest BCUT2D eigenvalue weighted by atomic mass is 35.5. The van der Waals surface area contributed by atoms with Gasteiger partial charge in [0.15, 0.2) is 17.3 Å². The van der Waals surface area contributed by atoms with Gasteiger partial charge in [-0.25, -0.2) is 0 Å². The molecule has 2 rings (SSSR count). The summed E-state index contributed by atoms with van der Waals surface area (Å²) in [4.78, 5) is 22.7. The number of carbonyl (C=O) groups is 1. The zero-order chi connectivity index (χ0) is 16.3. The van der Waals surface area contributed by atoms with Crippen molar-refractivity contribution < 1.29 is 19.2 Å². The number of nitrogens with zero attached hydrogens (tertiary/aromatic N) is 1. The molecule has 114 valence electrons. The van der Waals surface area contributed by atoms with E-state index in [2.05, 4.69) is 0 Å². The number of nitro groups is 1. The quantitative estimate of drug-likeness (QED) is 0.478. The highest BCUT2D eigenvalue weighted by Gasteiger charge is 2.18. The molecule has 0 aliphatic heterocycles. The van der Waals surface area contributed by atoms with Crippen molar-refractivity contribution in [2.75, 3.05) is 14.2 Å². The van der Waals surface area contributed by atoms with Crippen LogP contribution in [-0.2, 0) is 0 Å². The van der Waals surface area contributed by atoms with E-state index in [1.54, 1.807) is 12.1 Å². The maximum atomic E-state index is 12.4. The van der Waals surface area contributed by atoms with Gasteiger partial charge in [0.1, 0.15) is 5.02 Å². The fraction of sp³-hybridized carbons (Fsp3) is 0.133. The number of halogens is 1. The molecule has 2 aromatic carbocycles. The Morgan fingerprint density at radius 1 is 1.05 bits per heavy atom. The number of hydrogen-bond acceptors (Lipinski definition) is 5. The van der Waals surface area contributed by atoms with Gasteiger partial charge in [-0.15, -0.1) is 0 Å². The summed E-state index contributed by atoms with van der Waals surface area (Å²) < 4.78 is 10.2. The molecule has 0 fully saturated rings. The minimum absolute atomic E-state index is 0.0196. The van der Waals surface area contributed by atoms with Crippen LogP contribution in [0.3, 0.4) is 0 Å². The Kier molecular flexibility index (Phi) is 4.62. The van der Waals surface area contributed by atoms with Crippen molar-refractivity contribution in [3.63, 3.8) is 0 Å². The van der Waals surface area contributed by atoms with Crippen LogP contribution in [0.1, 0.15) is 15.9 Å². The maximum absolute atomic E-state index is 12.4. The Hall–Kier alpha value is -2.60. The number of benzene rings is 2. The zero-order valence-electron chi connectivity index (χ0n) is 11.8. The third-order valence-electron chi connectivity index (χ3n) is 3.05. The van der Waals surface area contributed by atoms with E-state index in [4.69, 9.17) is 21.1 Å². The van der Waals surface area contributed by atoms with Crippen LogP contribution in [0, 0.1) is 10.1 Å². The molecular formula is C15H12ClNO5. The molecule has 0 aliphatic carbocycles. The zero-order valence-corrected chi connectivity index (χ0v) is 12.6. The van der Waals surface area contributed by atoms with Gasteiger partial charge in [0, 0.05) is 17.2 Å². The van der Waals surface area contributed by atoms with E-state index in [9.17, 15) is 14.9 Å². The van der Waals surface area contributed by atoms with Gasteiger partial charge in [-0.05, 0) is 30.3 Å². The van der Waals surface area contributed by atoms with Crippen LogP contribution < -0.4 is 9.47 Å². The average molecular weight is 322 g/mol. The standard InChI is InChI=1S/C15H12ClNO5/c1-21-13-6-4-10(8-14(13)22-2)15(18)9-3-5-11(16)12(7-9)17(19)20/h3-8H,1-2H3. The highest BCUT2D eigenvalue weighted by Crippen LogP contribution is 2.30. The van der Waals surface area contributed by atoms with Crippen molar-refractivity contribution in [3.05, 3.63) is 62.7 Å². The van der Waals surface area contributed by atoms with Crippen LogP contribution in [0.2, 0.25) is 5.02 Å². The predicted molar refractivity (Wildman–Crippen MR) is 81.1 cm³/mol. The summed E-state index contributed by atoms with van der Waals surface area (Å²) in [5.74, 6) is 0.513. The average Bonchev–Trinajstić information content (AvgIpc) is 2.53. The summed E-state index contributed by atoms with van der Waals surface area (Å²) in [6.45, 7) is 0. The Morgan fingerprint density at radius 3 is 2.23 bits per heavy atom. The van der Waals surface area contributed by atoms with Gasteiger partial charge in [-0.2, -0.15) is 0 Å². The van der Waals surface area contributed by atoms with Gasteiger partial charge in [0.25, 0.3) is 5.69 Å². The van der Waals surface area contributed by atoms with Gasteiger partial charge in [0.2, 0.25) is 0 Å². The van der Waals surface area contributed by atoms with Crippen LogP contribution >= 0.6 is 11.6 Å². The number of ether oxygens (including phenoxy) is 2. The number of rotatable bonds is 5. The third kappa shape index (κ3) is 3.01. The minimum atomic E-state index is -0.631. The minimum Gasteiger partial charge on any atom is -0.493 e. The molecule has 0 bridgehead atoms. The second kappa shape index (κ2) is 6.44. The molecule has 7 heteroatoms. The van der Waals surface area contributed by atoms with Gasteiger partial charge in [-0.3, -0.25) is 14.9 Å². The molecule has 6 nitrogen and oxygen atoms in total. The topological polar surface area (TPSA) is 78.7 Å². The van der Waals surface area contributed by atoms with Crippen molar-refractivity contribution in [1.82, 2.24) is 0 Å².